The Morgan fingerprint density at radius 3 is 2.63 bits per heavy atom. The average molecular weight is 298 g/mol. The lowest BCUT2D eigenvalue weighted by atomic mass is 10.3. The summed E-state index contributed by atoms with van der Waals surface area (Å²) in [5.74, 6) is -0.0351. The van der Waals surface area contributed by atoms with Gasteiger partial charge in [0.05, 0.1) is 17.6 Å². The van der Waals surface area contributed by atoms with Crippen LogP contribution in [-0.4, -0.2) is 24.1 Å². The fraction of sp³-hybridized carbons (Fsp3) is 0.167. The highest BCUT2D eigenvalue weighted by atomic mass is 35.5. The van der Waals surface area contributed by atoms with E-state index in [4.69, 9.17) is 11.6 Å². The Morgan fingerprint density at radius 2 is 2.00 bits per heavy atom. The molecule has 0 bridgehead atoms. The van der Waals surface area contributed by atoms with Gasteiger partial charge in [-0.3, -0.25) is 9.71 Å². The van der Waals surface area contributed by atoms with Gasteiger partial charge in [0.25, 0.3) is 0 Å². The van der Waals surface area contributed by atoms with E-state index in [1.807, 2.05) is 6.07 Å². The Bertz CT molecular complexity index is 630. The zero-order valence-corrected chi connectivity index (χ0v) is 11.5. The number of nitrogens with one attached hydrogen (secondary N) is 1. The molecule has 0 saturated carbocycles. The molecule has 2 aromatic heterocycles. The molecule has 1 N–H and O–H groups in total. The van der Waals surface area contributed by atoms with Crippen LogP contribution in [0, 0.1) is 0 Å². The van der Waals surface area contributed by atoms with E-state index in [1.165, 1.54) is 12.3 Å². The number of aryl methyl sites for hydroxylation is 1. The largest absolute Gasteiger partial charge is 0.282 e. The van der Waals surface area contributed by atoms with Gasteiger partial charge in [-0.15, -0.1) is 0 Å². The summed E-state index contributed by atoms with van der Waals surface area (Å²) in [6, 6.07) is 8.49. The Morgan fingerprint density at radius 1 is 1.16 bits per heavy atom. The second-order valence-corrected chi connectivity index (χ2v) is 6.09. The molecule has 0 aliphatic carbocycles. The van der Waals surface area contributed by atoms with Crippen molar-refractivity contribution in [3.8, 4) is 0 Å². The van der Waals surface area contributed by atoms with Crippen molar-refractivity contribution in [2.75, 3.05) is 10.5 Å². The molecule has 0 fully saturated rings. The number of anilines is 1. The molecule has 0 aliphatic rings. The van der Waals surface area contributed by atoms with Gasteiger partial charge in [-0.25, -0.2) is 13.4 Å². The third-order valence-corrected chi connectivity index (χ3v) is 3.87. The Hall–Kier alpha value is -1.66. The van der Waals surface area contributed by atoms with Gasteiger partial charge in [0.15, 0.2) is 0 Å². The maximum absolute atomic E-state index is 11.9. The summed E-state index contributed by atoms with van der Waals surface area (Å²) >= 11 is 5.63. The zero-order valence-electron chi connectivity index (χ0n) is 9.95. The molecule has 0 amide bonds. The lowest BCUT2D eigenvalue weighted by molar-refractivity contribution is 0.600. The highest BCUT2D eigenvalue weighted by molar-refractivity contribution is 7.92. The molecule has 2 rings (SSSR count). The van der Waals surface area contributed by atoms with Gasteiger partial charge in [-0.05, 0) is 24.3 Å². The standard InChI is InChI=1S/C12H12ClN3O2S/c13-12-5-4-11(9-15-12)16-19(17,18)8-6-10-3-1-2-7-14-10/h1-5,7,9,16H,6,8H2. The molecule has 7 heteroatoms. The van der Waals surface area contributed by atoms with E-state index in [0.717, 1.165) is 5.69 Å². The first-order valence-electron chi connectivity index (χ1n) is 5.57. The number of nitrogens with zero attached hydrogens (tertiary/aromatic N) is 2. The molecule has 0 atom stereocenters. The van der Waals surface area contributed by atoms with Crippen LogP contribution in [0.25, 0.3) is 0 Å². The Labute approximate surface area is 116 Å². The van der Waals surface area contributed by atoms with Crippen LogP contribution in [0.4, 0.5) is 5.69 Å². The molecule has 100 valence electrons. The van der Waals surface area contributed by atoms with Crippen LogP contribution in [0.1, 0.15) is 5.69 Å². The first-order valence-corrected chi connectivity index (χ1v) is 7.60. The summed E-state index contributed by atoms with van der Waals surface area (Å²) in [5, 5.41) is 0.316. The van der Waals surface area contributed by atoms with Crippen molar-refractivity contribution in [3.05, 3.63) is 53.6 Å². The Balaban J connectivity index is 1.97. The van der Waals surface area contributed by atoms with E-state index in [1.54, 1.807) is 24.4 Å². The smallest absolute Gasteiger partial charge is 0.233 e. The number of hydrogen-bond acceptors (Lipinski definition) is 4. The Kier molecular flexibility index (Phi) is 4.34. The van der Waals surface area contributed by atoms with Crippen molar-refractivity contribution in [2.24, 2.45) is 0 Å². The van der Waals surface area contributed by atoms with Crippen LogP contribution in [0.5, 0.6) is 0 Å². The summed E-state index contributed by atoms with van der Waals surface area (Å²) in [4.78, 5) is 7.89. The maximum Gasteiger partial charge on any atom is 0.233 e. The molecule has 0 spiro atoms. The second kappa shape index (κ2) is 5.99. The summed E-state index contributed by atoms with van der Waals surface area (Å²) in [6.07, 6.45) is 3.37. The molecule has 19 heavy (non-hydrogen) atoms. The van der Waals surface area contributed by atoms with E-state index in [-0.39, 0.29) is 5.75 Å². The fourth-order valence-corrected chi connectivity index (χ4v) is 2.62. The molecule has 0 radical (unpaired) electrons. The predicted octanol–water partition coefficient (Wildman–Crippen LogP) is 2.11. The van der Waals surface area contributed by atoms with Crippen LogP contribution in [0.2, 0.25) is 5.15 Å². The molecule has 0 aromatic carbocycles. The molecular formula is C12H12ClN3O2S. The van der Waals surface area contributed by atoms with Crippen LogP contribution in [0.15, 0.2) is 42.7 Å². The van der Waals surface area contributed by atoms with E-state index < -0.39 is 10.0 Å². The number of rotatable bonds is 5. The highest BCUT2D eigenvalue weighted by Crippen LogP contribution is 2.11. The number of pyridine rings is 2. The van der Waals surface area contributed by atoms with Gasteiger partial charge in [0.1, 0.15) is 5.15 Å². The summed E-state index contributed by atoms with van der Waals surface area (Å²) in [6.45, 7) is 0. The number of sulfonamides is 1. The van der Waals surface area contributed by atoms with Crippen LogP contribution in [-0.2, 0) is 16.4 Å². The van der Waals surface area contributed by atoms with Gasteiger partial charge in [-0.1, -0.05) is 17.7 Å². The minimum absolute atomic E-state index is 0.0351. The molecular weight excluding hydrogens is 286 g/mol. The second-order valence-electron chi connectivity index (χ2n) is 3.86. The molecule has 2 heterocycles. The van der Waals surface area contributed by atoms with Crippen LogP contribution in [0.3, 0.4) is 0 Å². The quantitative estimate of drug-likeness (QED) is 0.858. The van der Waals surface area contributed by atoms with Crippen LogP contribution < -0.4 is 4.72 Å². The number of halogens is 1. The van der Waals surface area contributed by atoms with Gasteiger partial charge in [0, 0.05) is 18.3 Å². The number of hydrogen-bond donors (Lipinski definition) is 1. The first kappa shape index (κ1) is 13.8. The SMILES string of the molecule is O=S(=O)(CCc1ccccn1)Nc1ccc(Cl)nc1. The highest BCUT2D eigenvalue weighted by Gasteiger charge is 2.11. The van der Waals surface area contributed by atoms with E-state index >= 15 is 0 Å². The van der Waals surface area contributed by atoms with Gasteiger partial charge in [0.2, 0.25) is 10.0 Å². The minimum Gasteiger partial charge on any atom is -0.282 e. The molecule has 0 aliphatic heterocycles. The van der Waals surface area contributed by atoms with Crippen molar-refractivity contribution >= 4 is 27.3 Å². The van der Waals surface area contributed by atoms with E-state index in [9.17, 15) is 8.42 Å². The molecule has 5 nitrogen and oxygen atoms in total. The van der Waals surface area contributed by atoms with Crippen molar-refractivity contribution in [2.45, 2.75) is 6.42 Å². The van der Waals surface area contributed by atoms with E-state index in [0.29, 0.717) is 17.3 Å². The van der Waals surface area contributed by atoms with Crippen molar-refractivity contribution in [3.63, 3.8) is 0 Å². The molecule has 0 unspecified atom stereocenters. The summed E-state index contributed by atoms with van der Waals surface area (Å²) in [5.41, 5.74) is 1.13. The third-order valence-electron chi connectivity index (χ3n) is 2.35. The molecule has 0 saturated heterocycles. The first-order chi connectivity index (χ1) is 9.05. The topological polar surface area (TPSA) is 72.0 Å². The van der Waals surface area contributed by atoms with Crippen molar-refractivity contribution < 1.29 is 8.42 Å². The minimum atomic E-state index is -3.42. The normalized spacial score (nSPS) is 11.2. The van der Waals surface area contributed by atoms with Crippen LogP contribution >= 0.6 is 11.6 Å². The van der Waals surface area contributed by atoms with Crippen molar-refractivity contribution in [1.82, 2.24) is 9.97 Å². The lowest BCUT2D eigenvalue weighted by Crippen LogP contribution is -2.18. The van der Waals surface area contributed by atoms with Gasteiger partial charge in [-0.2, -0.15) is 0 Å². The summed E-state index contributed by atoms with van der Waals surface area (Å²) < 4.78 is 26.2. The lowest BCUT2D eigenvalue weighted by Gasteiger charge is -2.07. The monoisotopic (exact) mass is 297 g/mol. The average Bonchev–Trinajstić information content (AvgIpc) is 2.40. The number of aromatic nitrogens is 2. The van der Waals surface area contributed by atoms with Gasteiger partial charge >= 0.3 is 0 Å². The fourth-order valence-electron chi connectivity index (χ4n) is 1.45. The zero-order chi connectivity index (χ0) is 13.7. The van der Waals surface area contributed by atoms with E-state index in [2.05, 4.69) is 14.7 Å². The maximum atomic E-state index is 11.9. The predicted molar refractivity (Wildman–Crippen MR) is 74.6 cm³/mol. The molecule has 2 aromatic rings. The van der Waals surface area contributed by atoms with Gasteiger partial charge < -0.3 is 0 Å². The summed E-state index contributed by atoms with van der Waals surface area (Å²) in [7, 11) is -3.42. The van der Waals surface area contributed by atoms with Crippen molar-refractivity contribution in [1.29, 1.82) is 0 Å². The third kappa shape index (κ3) is 4.50.